The Hall–Kier alpha value is -0.900. The second-order valence-electron chi connectivity index (χ2n) is 5.10. The lowest BCUT2D eigenvalue weighted by atomic mass is 9.81. The van der Waals surface area contributed by atoms with Crippen LogP contribution in [-0.2, 0) is 13.6 Å². The summed E-state index contributed by atoms with van der Waals surface area (Å²) in [5.74, 6) is 1.65. The van der Waals surface area contributed by atoms with Crippen molar-refractivity contribution in [3.63, 3.8) is 0 Å². The van der Waals surface area contributed by atoms with Gasteiger partial charge >= 0.3 is 0 Å². The molecule has 4 heteroatoms. The topological polar surface area (TPSA) is 42.7 Å². The molecule has 0 spiro atoms. The van der Waals surface area contributed by atoms with Gasteiger partial charge in [-0.15, -0.1) is 10.2 Å². The van der Waals surface area contributed by atoms with E-state index in [9.17, 15) is 0 Å². The van der Waals surface area contributed by atoms with Crippen molar-refractivity contribution in [2.75, 3.05) is 6.54 Å². The molecular weight excluding hydrogens is 188 g/mol. The number of aromatic nitrogens is 3. The van der Waals surface area contributed by atoms with Crippen LogP contribution in [0.1, 0.15) is 33.5 Å². The third-order valence-corrected chi connectivity index (χ3v) is 3.23. The van der Waals surface area contributed by atoms with Crippen LogP contribution in [0, 0.1) is 11.3 Å². The first-order valence-electron chi connectivity index (χ1n) is 5.47. The first-order chi connectivity index (χ1) is 6.93. The van der Waals surface area contributed by atoms with E-state index in [2.05, 4.69) is 43.2 Å². The van der Waals surface area contributed by atoms with Gasteiger partial charge in [0.1, 0.15) is 12.2 Å². The fraction of sp³-hybridized carbons (Fsp3) is 0.818. The summed E-state index contributed by atoms with van der Waals surface area (Å²) >= 11 is 0. The Morgan fingerprint density at radius 2 is 2.13 bits per heavy atom. The lowest BCUT2D eigenvalue weighted by Crippen LogP contribution is -2.33. The monoisotopic (exact) mass is 210 g/mol. The smallest absolute Gasteiger partial charge is 0.146 e. The van der Waals surface area contributed by atoms with Crippen LogP contribution in [0.15, 0.2) is 6.33 Å². The summed E-state index contributed by atoms with van der Waals surface area (Å²) in [6.07, 6.45) is 1.73. The Morgan fingerprint density at radius 1 is 1.47 bits per heavy atom. The molecule has 0 saturated carbocycles. The molecule has 4 nitrogen and oxygen atoms in total. The molecule has 1 heterocycles. The Morgan fingerprint density at radius 3 is 2.60 bits per heavy atom. The average molecular weight is 210 g/mol. The van der Waals surface area contributed by atoms with Crippen molar-refractivity contribution in [3.8, 4) is 0 Å². The molecule has 0 atom stereocenters. The third-order valence-electron chi connectivity index (χ3n) is 3.23. The molecule has 15 heavy (non-hydrogen) atoms. The van der Waals surface area contributed by atoms with E-state index in [1.54, 1.807) is 6.33 Å². The standard InChI is InChI=1S/C11H22N4/c1-9(2)11(3,4)7-12-6-10-14-13-8-15(10)5/h8-9,12H,6-7H2,1-5H3. The minimum Gasteiger partial charge on any atom is -0.320 e. The van der Waals surface area contributed by atoms with Gasteiger partial charge < -0.3 is 9.88 Å². The molecular formula is C11H22N4. The van der Waals surface area contributed by atoms with Crippen molar-refractivity contribution in [3.05, 3.63) is 12.2 Å². The molecule has 0 aliphatic carbocycles. The molecule has 0 aliphatic rings. The van der Waals surface area contributed by atoms with Gasteiger partial charge in [0.15, 0.2) is 0 Å². The van der Waals surface area contributed by atoms with Crippen LogP contribution in [-0.4, -0.2) is 21.3 Å². The Labute approximate surface area is 92.1 Å². The molecule has 0 aliphatic heterocycles. The molecule has 0 fully saturated rings. The van der Waals surface area contributed by atoms with Gasteiger partial charge in [0.2, 0.25) is 0 Å². The number of hydrogen-bond acceptors (Lipinski definition) is 3. The number of hydrogen-bond donors (Lipinski definition) is 1. The van der Waals surface area contributed by atoms with Crippen molar-refractivity contribution in [1.29, 1.82) is 0 Å². The minimum atomic E-state index is 0.318. The Bertz CT molecular complexity index is 301. The summed E-state index contributed by atoms with van der Waals surface area (Å²) in [5.41, 5.74) is 0.318. The van der Waals surface area contributed by atoms with E-state index in [1.165, 1.54) is 0 Å². The fourth-order valence-electron chi connectivity index (χ4n) is 1.17. The first kappa shape index (κ1) is 12.2. The molecule has 1 N–H and O–H groups in total. The van der Waals surface area contributed by atoms with E-state index in [0.29, 0.717) is 11.3 Å². The van der Waals surface area contributed by atoms with Gasteiger partial charge in [-0.05, 0) is 11.3 Å². The van der Waals surface area contributed by atoms with Crippen LogP contribution < -0.4 is 5.32 Å². The molecule has 0 unspecified atom stereocenters. The van der Waals surface area contributed by atoms with Crippen LogP contribution in [0.4, 0.5) is 0 Å². The highest BCUT2D eigenvalue weighted by Gasteiger charge is 2.21. The van der Waals surface area contributed by atoms with Crippen LogP contribution >= 0.6 is 0 Å². The van der Waals surface area contributed by atoms with Crippen molar-refractivity contribution in [1.82, 2.24) is 20.1 Å². The average Bonchev–Trinajstić information content (AvgIpc) is 2.51. The van der Waals surface area contributed by atoms with Crippen LogP contribution in [0.3, 0.4) is 0 Å². The van der Waals surface area contributed by atoms with Gasteiger partial charge in [-0.2, -0.15) is 0 Å². The number of aryl methyl sites for hydroxylation is 1. The van der Waals surface area contributed by atoms with Gasteiger partial charge in [-0.25, -0.2) is 0 Å². The fourth-order valence-corrected chi connectivity index (χ4v) is 1.17. The second kappa shape index (κ2) is 4.75. The zero-order valence-electron chi connectivity index (χ0n) is 10.4. The summed E-state index contributed by atoms with van der Waals surface area (Å²) < 4.78 is 1.94. The number of nitrogens with one attached hydrogen (secondary N) is 1. The molecule has 1 rings (SSSR count). The van der Waals surface area contributed by atoms with E-state index < -0.39 is 0 Å². The highest BCUT2D eigenvalue weighted by Crippen LogP contribution is 2.24. The quantitative estimate of drug-likeness (QED) is 0.802. The maximum Gasteiger partial charge on any atom is 0.146 e. The zero-order chi connectivity index (χ0) is 11.5. The highest BCUT2D eigenvalue weighted by atomic mass is 15.3. The van der Waals surface area contributed by atoms with E-state index >= 15 is 0 Å². The van der Waals surface area contributed by atoms with Crippen LogP contribution in [0.5, 0.6) is 0 Å². The normalized spacial score (nSPS) is 12.4. The maximum absolute atomic E-state index is 4.03. The summed E-state index contributed by atoms with van der Waals surface area (Å²) in [7, 11) is 1.96. The van der Waals surface area contributed by atoms with Gasteiger partial charge in [0, 0.05) is 13.6 Å². The summed E-state index contributed by atoms with van der Waals surface area (Å²) in [4.78, 5) is 0. The van der Waals surface area contributed by atoms with Crippen molar-refractivity contribution in [2.45, 2.75) is 34.2 Å². The molecule has 0 radical (unpaired) electrons. The van der Waals surface area contributed by atoms with Gasteiger partial charge in [0.25, 0.3) is 0 Å². The SMILES string of the molecule is CC(C)C(C)(C)CNCc1nncn1C. The molecule has 0 amide bonds. The summed E-state index contributed by atoms with van der Waals surface area (Å²) in [6.45, 7) is 10.8. The van der Waals surface area contributed by atoms with E-state index in [4.69, 9.17) is 0 Å². The molecule has 1 aromatic heterocycles. The third kappa shape index (κ3) is 3.30. The van der Waals surface area contributed by atoms with Gasteiger partial charge in [-0.3, -0.25) is 0 Å². The maximum atomic E-state index is 4.03. The number of rotatable bonds is 5. The van der Waals surface area contributed by atoms with Crippen LogP contribution in [0.25, 0.3) is 0 Å². The predicted molar refractivity (Wildman–Crippen MR) is 61.3 cm³/mol. The Kier molecular flexibility index (Phi) is 3.85. The largest absolute Gasteiger partial charge is 0.320 e. The lowest BCUT2D eigenvalue weighted by molar-refractivity contribution is 0.237. The van der Waals surface area contributed by atoms with Gasteiger partial charge in [-0.1, -0.05) is 27.7 Å². The predicted octanol–water partition coefficient (Wildman–Crippen LogP) is 1.59. The van der Waals surface area contributed by atoms with Crippen molar-refractivity contribution >= 4 is 0 Å². The number of nitrogens with zero attached hydrogens (tertiary/aromatic N) is 3. The summed E-state index contributed by atoms with van der Waals surface area (Å²) in [5, 5.41) is 11.3. The van der Waals surface area contributed by atoms with Crippen molar-refractivity contribution in [2.24, 2.45) is 18.4 Å². The van der Waals surface area contributed by atoms with Crippen LogP contribution in [0.2, 0.25) is 0 Å². The Balaban J connectivity index is 2.37. The minimum absolute atomic E-state index is 0.318. The second-order valence-corrected chi connectivity index (χ2v) is 5.10. The molecule has 86 valence electrons. The lowest BCUT2D eigenvalue weighted by Gasteiger charge is -2.29. The highest BCUT2D eigenvalue weighted by molar-refractivity contribution is 4.84. The molecule has 1 aromatic rings. The van der Waals surface area contributed by atoms with E-state index in [0.717, 1.165) is 18.9 Å². The molecule has 0 aromatic carbocycles. The van der Waals surface area contributed by atoms with E-state index in [1.807, 2.05) is 11.6 Å². The van der Waals surface area contributed by atoms with Crippen molar-refractivity contribution < 1.29 is 0 Å². The summed E-state index contributed by atoms with van der Waals surface area (Å²) in [6, 6.07) is 0. The first-order valence-corrected chi connectivity index (χ1v) is 5.47. The van der Waals surface area contributed by atoms with E-state index in [-0.39, 0.29) is 0 Å². The molecule has 0 saturated heterocycles. The molecule has 0 bridgehead atoms. The zero-order valence-corrected chi connectivity index (χ0v) is 10.4. The van der Waals surface area contributed by atoms with Gasteiger partial charge in [0.05, 0.1) is 6.54 Å².